The summed E-state index contributed by atoms with van der Waals surface area (Å²) in [6.07, 6.45) is 0.518. The minimum absolute atomic E-state index is 0.0470. The Morgan fingerprint density at radius 2 is 1.00 bits per heavy atom. The SMILES string of the molecule is CC1(C)CC(=O)C(=C(O)CCC(O)=C2C(=O)CC(C)(C)CC2=NCC(=O)O)C(=NCC(=O)O)C1. The minimum atomic E-state index is -1.17. The topological polar surface area (TPSA) is 174 Å². The summed E-state index contributed by atoms with van der Waals surface area (Å²) in [6.45, 7) is 6.30. The van der Waals surface area contributed by atoms with Crippen LogP contribution in [-0.4, -0.2) is 68.4 Å². The van der Waals surface area contributed by atoms with Crippen molar-refractivity contribution in [2.75, 3.05) is 13.1 Å². The molecule has 2 aliphatic carbocycles. The van der Waals surface area contributed by atoms with E-state index in [-0.39, 0.29) is 71.3 Å². The van der Waals surface area contributed by atoms with Gasteiger partial charge in [-0.1, -0.05) is 27.7 Å². The molecule has 0 radical (unpaired) electrons. The molecule has 0 unspecified atom stereocenters. The van der Waals surface area contributed by atoms with Crippen LogP contribution < -0.4 is 0 Å². The van der Waals surface area contributed by atoms with Crippen molar-refractivity contribution in [3.05, 3.63) is 22.7 Å². The molecule has 2 rings (SSSR count). The number of aliphatic hydroxyl groups excluding tert-OH is 2. The first kappa shape index (κ1) is 26.9. The van der Waals surface area contributed by atoms with Gasteiger partial charge in [-0.15, -0.1) is 0 Å². The Bertz CT molecular complexity index is 946. The van der Waals surface area contributed by atoms with Gasteiger partial charge in [0.05, 0.1) is 22.6 Å². The van der Waals surface area contributed by atoms with E-state index in [0.717, 1.165) is 0 Å². The number of allylic oxidation sites excluding steroid dienone is 4. The number of nitrogens with zero attached hydrogens (tertiary/aromatic N) is 2. The molecule has 34 heavy (non-hydrogen) atoms. The molecule has 10 nitrogen and oxygen atoms in total. The van der Waals surface area contributed by atoms with Gasteiger partial charge < -0.3 is 20.4 Å². The molecule has 4 N–H and O–H groups in total. The van der Waals surface area contributed by atoms with E-state index in [4.69, 9.17) is 10.2 Å². The predicted molar refractivity (Wildman–Crippen MR) is 124 cm³/mol. The average Bonchev–Trinajstić information content (AvgIpc) is 2.66. The van der Waals surface area contributed by atoms with E-state index in [9.17, 15) is 29.4 Å². The summed E-state index contributed by atoms with van der Waals surface area (Å²) >= 11 is 0. The summed E-state index contributed by atoms with van der Waals surface area (Å²) in [5, 5.41) is 39.3. The highest BCUT2D eigenvalue weighted by atomic mass is 16.4. The highest BCUT2D eigenvalue weighted by molar-refractivity contribution is 6.25. The molecule has 2 saturated carbocycles. The van der Waals surface area contributed by atoms with Crippen LogP contribution in [0.1, 0.15) is 66.2 Å². The zero-order chi connectivity index (χ0) is 25.8. The van der Waals surface area contributed by atoms with Crippen molar-refractivity contribution in [2.45, 2.75) is 66.2 Å². The van der Waals surface area contributed by atoms with Crippen molar-refractivity contribution >= 4 is 34.9 Å². The van der Waals surface area contributed by atoms with Gasteiger partial charge in [-0.2, -0.15) is 0 Å². The van der Waals surface area contributed by atoms with Crippen LogP contribution in [0.3, 0.4) is 0 Å². The number of aliphatic carboxylic acids is 2. The molecule has 0 spiro atoms. The normalized spacial score (nSPS) is 25.4. The lowest BCUT2D eigenvalue weighted by molar-refractivity contribution is -0.136. The van der Waals surface area contributed by atoms with Crippen LogP contribution in [0.5, 0.6) is 0 Å². The largest absolute Gasteiger partial charge is 0.511 e. The van der Waals surface area contributed by atoms with Gasteiger partial charge in [0.1, 0.15) is 24.6 Å². The van der Waals surface area contributed by atoms with E-state index in [1.54, 1.807) is 0 Å². The lowest BCUT2D eigenvalue weighted by Crippen LogP contribution is -2.33. The number of ketones is 2. The van der Waals surface area contributed by atoms with Crippen LogP contribution in [0.4, 0.5) is 0 Å². The fraction of sp³-hybridized carbons (Fsp3) is 0.583. The molecule has 2 fully saturated rings. The molecule has 0 atom stereocenters. The quantitative estimate of drug-likeness (QED) is 0.320. The number of aliphatic imine (C=N–C) groups is 2. The third-order valence-corrected chi connectivity index (χ3v) is 5.69. The lowest BCUT2D eigenvalue weighted by Gasteiger charge is -2.32. The summed E-state index contributed by atoms with van der Waals surface area (Å²) in [4.78, 5) is 55.4. The van der Waals surface area contributed by atoms with E-state index in [1.807, 2.05) is 27.7 Å². The number of aliphatic hydroxyl groups is 2. The Morgan fingerprint density at radius 1 is 0.676 bits per heavy atom. The van der Waals surface area contributed by atoms with E-state index in [2.05, 4.69) is 9.98 Å². The van der Waals surface area contributed by atoms with E-state index >= 15 is 0 Å². The summed E-state index contributed by atoms with van der Waals surface area (Å²) in [6, 6.07) is 0. The van der Waals surface area contributed by atoms with Crippen LogP contribution in [0.25, 0.3) is 0 Å². The number of rotatable bonds is 7. The van der Waals surface area contributed by atoms with Crippen molar-refractivity contribution < 1.29 is 39.6 Å². The van der Waals surface area contributed by atoms with Crippen molar-refractivity contribution in [1.29, 1.82) is 0 Å². The maximum absolute atomic E-state index is 12.7. The molecule has 2 aliphatic rings. The first-order valence-corrected chi connectivity index (χ1v) is 11.0. The molecule has 0 aromatic carbocycles. The summed E-state index contributed by atoms with van der Waals surface area (Å²) < 4.78 is 0. The standard InChI is InChI=1S/C24H32N2O8/c1-23(2)7-13(25-11-19(31)32)21(17(29)9-23)15(27)5-6-16(28)22-14(26-12-20(33)34)8-24(3,4)10-18(22)30/h27-28H,5-12H2,1-4H3,(H,31,32)(H,33,34). The molecule has 0 amide bonds. The van der Waals surface area contributed by atoms with E-state index < -0.39 is 35.9 Å². The van der Waals surface area contributed by atoms with Crippen LogP contribution in [0.15, 0.2) is 32.6 Å². The second-order valence-corrected chi connectivity index (χ2v) is 10.3. The van der Waals surface area contributed by atoms with Gasteiger partial charge in [-0.05, 0) is 23.7 Å². The Morgan fingerprint density at radius 3 is 1.29 bits per heavy atom. The molecule has 0 bridgehead atoms. The first-order valence-electron chi connectivity index (χ1n) is 11.0. The molecule has 0 aromatic rings. The van der Waals surface area contributed by atoms with Gasteiger partial charge in [0, 0.05) is 25.7 Å². The van der Waals surface area contributed by atoms with Gasteiger partial charge in [-0.25, -0.2) is 0 Å². The smallest absolute Gasteiger partial charge is 0.325 e. The Hall–Kier alpha value is -3.30. The van der Waals surface area contributed by atoms with Gasteiger partial charge in [0.2, 0.25) is 0 Å². The molecular weight excluding hydrogens is 444 g/mol. The lowest BCUT2D eigenvalue weighted by atomic mass is 9.72. The Balaban J connectivity index is 2.37. The highest BCUT2D eigenvalue weighted by Crippen LogP contribution is 2.37. The fourth-order valence-electron chi connectivity index (χ4n) is 4.31. The fourth-order valence-corrected chi connectivity index (χ4v) is 4.31. The van der Waals surface area contributed by atoms with Gasteiger partial charge in [0.15, 0.2) is 11.6 Å². The first-order chi connectivity index (χ1) is 15.6. The molecule has 0 saturated heterocycles. The summed E-state index contributed by atoms with van der Waals surface area (Å²) in [5.74, 6) is -3.77. The number of carbonyl (C=O) groups is 4. The van der Waals surface area contributed by atoms with Crippen LogP contribution >= 0.6 is 0 Å². The van der Waals surface area contributed by atoms with Crippen molar-refractivity contribution in [1.82, 2.24) is 0 Å². The van der Waals surface area contributed by atoms with E-state index in [0.29, 0.717) is 12.8 Å². The number of carboxylic acid groups (broad SMARTS) is 2. The van der Waals surface area contributed by atoms with Gasteiger partial charge in [0.25, 0.3) is 0 Å². The van der Waals surface area contributed by atoms with Crippen molar-refractivity contribution in [3.8, 4) is 0 Å². The highest BCUT2D eigenvalue weighted by Gasteiger charge is 2.38. The molecule has 10 heteroatoms. The zero-order valence-corrected chi connectivity index (χ0v) is 20.0. The number of Topliss-reactive ketones (excluding diaryl/α,β-unsaturated/α-hetero) is 2. The number of carboxylic acids is 2. The second-order valence-electron chi connectivity index (χ2n) is 10.3. The monoisotopic (exact) mass is 476 g/mol. The van der Waals surface area contributed by atoms with Crippen LogP contribution in [0, 0.1) is 10.8 Å². The van der Waals surface area contributed by atoms with Gasteiger partial charge >= 0.3 is 11.9 Å². The third-order valence-electron chi connectivity index (χ3n) is 5.69. The van der Waals surface area contributed by atoms with Crippen LogP contribution in [-0.2, 0) is 19.2 Å². The number of hydrogen-bond donors (Lipinski definition) is 4. The van der Waals surface area contributed by atoms with Crippen LogP contribution in [0.2, 0.25) is 0 Å². The average molecular weight is 477 g/mol. The number of carbonyl (C=O) groups excluding carboxylic acids is 2. The van der Waals surface area contributed by atoms with E-state index in [1.165, 1.54) is 0 Å². The zero-order valence-electron chi connectivity index (χ0n) is 20.0. The second kappa shape index (κ2) is 10.3. The third kappa shape index (κ3) is 7.10. The maximum atomic E-state index is 12.7. The molecular formula is C24H32N2O8. The Labute approximate surface area is 197 Å². The summed E-state index contributed by atoms with van der Waals surface area (Å²) in [5.41, 5.74) is -0.582. The minimum Gasteiger partial charge on any atom is -0.511 e. The van der Waals surface area contributed by atoms with Crippen molar-refractivity contribution in [2.24, 2.45) is 20.8 Å². The Kier molecular flexibility index (Phi) is 8.18. The maximum Gasteiger partial charge on any atom is 0.325 e. The van der Waals surface area contributed by atoms with Crippen molar-refractivity contribution in [3.63, 3.8) is 0 Å². The molecule has 0 aromatic heterocycles. The predicted octanol–water partition coefficient (Wildman–Crippen LogP) is 3.22. The molecule has 186 valence electrons. The molecule has 0 heterocycles. The summed E-state index contributed by atoms with van der Waals surface area (Å²) in [7, 11) is 0. The number of hydrogen-bond acceptors (Lipinski definition) is 8. The molecule has 0 aliphatic heterocycles. The van der Waals surface area contributed by atoms with Gasteiger partial charge in [-0.3, -0.25) is 29.2 Å².